The van der Waals surface area contributed by atoms with E-state index in [-0.39, 0.29) is 6.04 Å². The van der Waals surface area contributed by atoms with E-state index in [2.05, 4.69) is 22.2 Å². The Kier molecular flexibility index (Phi) is 3.55. The molecule has 98 valence electrons. The van der Waals surface area contributed by atoms with Gasteiger partial charge in [0.2, 0.25) is 0 Å². The maximum absolute atomic E-state index is 5.91. The third kappa shape index (κ3) is 2.81. The first-order chi connectivity index (χ1) is 9.22. The third-order valence-electron chi connectivity index (χ3n) is 3.02. The van der Waals surface area contributed by atoms with Crippen LogP contribution in [0.2, 0.25) is 5.02 Å². The maximum atomic E-state index is 5.91. The van der Waals surface area contributed by atoms with Crippen LogP contribution in [-0.2, 0) is 6.54 Å². The van der Waals surface area contributed by atoms with Crippen molar-refractivity contribution in [3.8, 4) is 0 Å². The van der Waals surface area contributed by atoms with Crippen LogP contribution < -0.4 is 5.32 Å². The van der Waals surface area contributed by atoms with Gasteiger partial charge in [-0.1, -0.05) is 23.7 Å². The Balaban J connectivity index is 1.71. The van der Waals surface area contributed by atoms with Crippen molar-refractivity contribution >= 4 is 34.0 Å². The SMILES string of the molecule is CC(NCc1cc(Cl)cs1)c1nc2ccccc2[nH]1. The molecule has 0 fully saturated rings. The van der Waals surface area contributed by atoms with Crippen LogP contribution in [0.3, 0.4) is 0 Å². The molecule has 0 aliphatic heterocycles. The van der Waals surface area contributed by atoms with Crippen molar-refractivity contribution in [2.24, 2.45) is 0 Å². The van der Waals surface area contributed by atoms with Gasteiger partial charge in [0.05, 0.1) is 22.1 Å². The van der Waals surface area contributed by atoms with E-state index < -0.39 is 0 Å². The minimum atomic E-state index is 0.174. The number of aromatic nitrogens is 2. The van der Waals surface area contributed by atoms with Crippen LogP contribution in [0.25, 0.3) is 11.0 Å². The molecule has 1 aromatic carbocycles. The van der Waals surface area contributed by atoms with E-state index >= 15 is 0 Å². The fourth-order valence-corrected chi connectivity index (χ4v) is 3.00. The Hall–Kier alpha value is -1.36. The van der Waals surface area contributed by atoms with Gasteiger partial charge in [-0.3, -0.25) is 0 Å². The van der Waals surface area contributed by atoms with E-state index in [4.69, 9.17) is 11.6 Å². The molecular formula is C14H14ClN3S. The first-order valence-electron chi connectivity index (χ1n) is 6.13. The maximum Gasteiger partial charge on any atom is 0.124 e. The van der Waals surface area contributed by atoms with Crippen LogP contribution in [0.5, 0.6) is 0 Å². The van der Waals surface area contributed by atoms with E-state index in [1.54, 1.807) is 11.3 Å². The number of thiophene rings is 1. The average Bonchev–Trinajstić information content (AvgIpc) is 3.01. The Morgan fingerprint density at radius 3 is 3.00 bits per heavy atom. The Labute approximate surface area is 120 Å². The van der Waals surface area contributed by atoms with Crippen molar-refractivity contribution < 1.29 is 0 Å². The lowest BCUT2D eigenvalue weighted by atomic mass is 10.3. The number of H-pyrrole nitrogens is 1. The van der Waals surface area contributed by atoms with Gasteiger partial charge in [-0.2, -0.15) is 0 Å². The standard InChI is InChI=1S/C14H14ClN3S/c1-9(16-7-11-6-10(15)8-19-11)14-17-12-4-2-3-5-13(12)18-14/h2-6,8-9,16H,7H2,1H3,(H,17,18). The van der Waals surface area contributed by atoms with Gasteiger partial charge in [0.25, 0.3) is 0 Å². The van der Waals surface area contributed by atoms with Crippen LogP contribution in [0.4, 0.5) is 0 Å². The van der Waals surface area contributed by atoms with Gasteiger partial charge in [0.1, 0.15) is 5.82 Å². The van der Waals surface area contributed by atoms with Crippen LogP contribution >= 0.6 is 22.9 Å². The molecule has 0 aliphatic rings. The highest BCUT2D eigenvalue weighted by molar-refractivity contribution is 7.10. The molecule has 0 aliphatic carbocycles. The van der Waals surface area contributed by atoms with Crippen LogP contribution in [0.15, 0.2) is 35.7 Å². The van der Waals surface area contributed by atoms with Gasteiger partial charge in [-0.25, -0.2) is 4.98 Å². The number of rotatable bonds is 4. The molecule has 1 atom stereocenters. The normalized spacial score (nSPS) is 12.9. The Morgan fingerprint density at radius 1 is 1.42 bits per heavy atom. The minimum Gasteiger partial charge on any atom is -0.341 e. The summed E-state index contributed by atoms with van der Waals surface area (Å²) in [4.78, 5) is 9.16. The molecule has 5 heteroatoms. The van der Waals surface area contributed by atoms with Gasteiger partial charge in [-0.05, 0) is 25.1 Å². The molecule has 2 N–H and O–H groups in total. The van der Waals surface area contributed by atoms with Gasteiger partial charge in [0, 0.05) is 16.8 Å². The summed E-state index contributed by atoms with van der Waals surface area (Å²) >= 11 is 7.58. The number of benzene rings is 1. The summed E-state index contributed by atoms with van der Waals surface area (Å²) in [5.41, 5.74) is 2.08. The lowest BCUT2D eigenvalue weighted by molar-refractivity contribution is 0.556. The number of para-hydroxylation sites is 2. The lowest BCUT2D eigenvalue weighted by Crippen LogP contribution is -2.18. The number of halogens is 1. The smallest absolute Gasteiger partial charge is 0.124 e. The molecule has 0 amide bonds. The number of nitrogens with zero attached hydrogens (tertiary/aromatic N) is 1. The molecule has 1 unspecified atom stereocenters. The minimum absolute atomic E-state index is 0.174. The van der Waals surface area contributed by atoms with E-state index in [0.717, 1.165) is 28.4 Å². The summed E-state index contributed by atoms with van der Waals surface area (Å²) in [5.74, 6) is 0.962. The highest BCUT2D eigenvalue weighted by Gasteiger charge is 2.10. The van der Waals surface area contributed by atoms with E-state index in [1.165, 1.54) is 4.88 Å². The monoisotopic (exact) mass is 291 g/mol. The van der Waals surface area contributed by atoms with Gasteiger partial charge < -0.3 is 10.3 Å². The molecule has 3 rings (SSSR count). The summed E-state index contributed by atoms with van der Waals surface area (Å²) in [5, 5.41) is 6.20. The summed E-state index contributed by atoms with van der Waals surface area (Å²) in [7, 11) is 0. The van der Waals surface area contributed by atoms with Crippen molar-refractivity contribution in [3.05, 3.63) is 51.4 Å². The lowest BCUT2D eigenvalue weighted by Gasteiger charge is -2.09. The van der Waals surface area contributed by atoms with Crippen LogP contribution in [0, 0.1) is 0 Å². The summed E-state index contributed by atoms with van der Waals surface area (Å²) in [6, 6.07) is 10.2. The largest absolute Gasteiger partial charge is 0.341 e. The molecular weight excluding hydrogens is 278 g/mol. The second kappa shape index (κ2) is 5.33. The molecule has 0 saturated heterocycles. The quantitative estimate of drug-likeness (QED) is 0.759. The zero-order valence-electron chi connectivity index (χ0n) is 10.5. The third-order valence-corrected chi connectivity index (χ3v) is 4.31. The van der Waals surface area contributed by atoms with Gasteiger partial charge >= 0.3 is 0 Å². The van der Waals surface area contributed by atoms with E-state index in [9.17, 15) is 0 Å². The molecule has 2 heterocycles. The van der Waals surface area contributed by atoms with Crippen LogP contribution in [-0.4, -0.2) is 9.97 Å². The van der Waals surface area contributed by atoms with E-state index in [0.29, 0.717) is 0 Å². The molecule has 0 saturated carbocycles. The second-order valence-electron chi connectivity index (χ2n) is 4.47. The van der Waals surface area contributed by atoms with Crippen molar-refractivity contribution in [1.82, 2.24) is 15.3 Å². The molecule has 0 radical (unpaired) electrons. The number of imidazole rings is 1. The highest BCUT2D eigenvalue weighted by Crippen LogP contribution is 2.20. The summed E-state index contributed by atoms with van der Waals surface area (Å²) < 4.78 is 0. The Morgan fingerprint density at radius 2 is 2.26 bits per heavy atom. The fourth-order valence-electron chi connectivity index (χ4n) is 1.97. The van der Waals surface area contributed by atoms with Crippen molar-refractivity contribution in [1.29, 1.82) is 0 Å². The van der Waals surface area contributed by atoms with Crippen LogP contribution in [0.1, 0.15) is 23.7 Å². The zero-order chi connectivity index (χ0) is 13.2. The molecule has 2 aromatic heterocycles. The average molecular weight is 292 g/mol. The van der Waals surface area contributed by atoms with Gasteiger partial charge in [-0.15, -0.1) is 11.3 Å². The first kappa shape index (κ1) is 12.7. The molecule has 0 spiro atoms. The predicted molar refractivity (Wildman–Crippen MR) is 80.7 cm³/mol. The molecule has 3 aromatic rings. The van der Waals surface area contributed by atoms with Gasteiger partial charge in [0.15, 0.2) is 0 Å². The second-order valence-corrected chi connectivity index (χ2v) is 5.91. The summed E-state index contributed by atoms with van der Waals surface area (Å²) in [6.07, 6.45) is 0. The molecule has 19 heavy (non-hydrogen) atoms. The number of hydrogen-bond donors (Lipinski definition) is 2. The number of hydrogen-bond acceptors (Lipinski definition) is 3. The van der Waals surface area contributed by atoms with Crippen molar-refractivity contribution in [2.75, 3.05) is 0 Å². The van der Waals surface area contributed by atoms with Crippen molar-refractivity contribution in [3.63, 3.8) is 0 Å². The topological polar surface area (TPSA) is 40.7 Å². The van der Waals surface area contributed by atoms with Crippen molar-refractivity contribution in [2.45, 2.75) is 19.5 Å². The molecule has 3 nitrogen and oxygen atoms in total. The fraction of sp³-hybridized carbons (Fsp3) is 0.214. The zero-order valence-corrected chi connectivity index (χ0v) is 12.1. The highest BCUT2D eigenvalue weighted by atomic mass is 35.5. The predicted octanol–water partition coefficient (Wildman–Crippen LogP) is 4.13. The number of fused-ring (bicyclic) bond motifs is 1. The molecule has 0 bridgehead atoms. The number of nitrogens with one attached hydrogen (secondary N) is 2. The first-order valence-corrected chi connectivity index (χ1v) is 7.39. The number of aromatic amines is 1. The van der Waals surface area contributed by atoms with E-state index in [1.807, 2.05) is 35.7 Å². The Bertz CT molecular complexity index is 656. The summed E-state index contributed by atoms with van der Waals surface area (Å²) in [6.45, 7) is 2.91.